The molecule has 1 unspecified atom stereocenters. The second-order valence-electron chi connectivity index (χ2n) is 5.97. The highest BCUT2D eigenvalue weighted by Gasteiger charge is 2.27. The summed E-state index contributed by atoms with van der Waals surface area (Å²) in [6.07, 6.45) is 0. The molecule has 0 heterocycles. The van der Waals surface area contributed by atoms with Crippen LogP contribution in [0.3, 0.4) is 0 Å². The van der Waals surface area contributed by atoms with E-state index in [-0.39, 0.29) is 0 Å². The van der Waals surface area contributed by atoms with Crippen LogP contribution >= 0.6 is 7.52 Å². The Morgan fingerprint density at radius 3 is 2.00 bits per heavy atom. The van der Waals surface area contributed by atoms with E-state index in [1.807, 2.05) is 103 Å². The lowest BCUT2D eigenvalue weighted by Crippen LogP contribution is -2.16. The highest BCUT2D eigenvalue weighted by atomic mass is 31.2. The number of hydrogen-bond acceptors (Lipinski definition) is 2. The normalized spacial score (nSPS) is 13.1. The van der Waals surface area contributed by atoms with E-state index < -0.39 is 7.52 Å². The Hall–Kier alpha value is -3.03. The first kappa shape index (κ1) is 16.4. The molecular weight excluding hydrogens is 341 g/mol. The van der Waals surface area contributed by atoms with Crippen molar-refractivity contribution >= 4 is 29.3 Å². The lowest BCUT2D eigenvalue weighted by molar-refractivity contribution is 0.498. The van der Waals surface area contributed by atoms with Crippen LogP contribution in [0.2, 0.25) is 0 Å². The number of benzene rings is 4. The zero-order valence-electron chi connectivity index (χ0n) is 14.1. The molecule has 0 radical (unpaired) electrons. The summed E-state index contributed by atoms with van der Waals surface area (Å²) in [7, 11) is -3.34. The summed E-state index contributed by atoms with van der Waals surface area (Å²) in [6, 6.07) is 32.5. The molecule has 0 bridgehead atoms. The fourth-order valence-corrected chi connectivity index (χ4v) is 4.56. The van der Waals surface area contributed by atoms with Gasteiger partial charge in [-0.2, -0.15) is 0 Å². The number of para-hydroxylation sites is 1. The van der Waals surface area contributed by atoms with E-state index in [4.69, 9.17) is 4.52 Å². The molecule has 0 spiro atoms. The first-order valence-corrected chi connectivity index (χ1v) is 10.0. The van der Waals surface area contributed by atoms with E-state index in [0.717, 1.165) is 16.5 Å². The molecule has 0 fully saturated rings. The average molecular weight is 359 g/mol. The summed E-state index contributed by atoms with van der Waals surface area (Å²) in [5.41, 5.74) is 0.750. The molecule has 1 atom stereocenters. The molecule has 0 aromatic heterocycles. The molecule has 0 aliphatic carbocycles. The van der Waals surface area contributed by atoms with Gasteiger partial charge < -0.3 is 9.61 Å². The zero-order chi connectivity index (χ0) is 17.8. The Kier molecular flexibility index (Phi) is 4.47. The average Bonchev–Trinajstić information content (AvgIpc) is 2.69. The lowest BCUT2D eigenvalue weighted by Gasteiger charge is -2.22. The third-order valence-electron chi connectivity index (χ3n) is 4.10. The summed E-state index contributed by atoms with van der Waals surface area (Å²) in [6.45, 7) is 0. The van der Waals surface area contributed by atoms with Crippen LogP contribution in [0.4, 0.5) is 5.69 Å². The predicted molar refractivity (Wildman–Crippen MR) is 108 cm³/mol. The van der Waals surface area contributed by atoms with Crippen molar-refractivity contribution in [2.75, 3.05) is 5.09 Å². The van der Waals surface area contributed by atoms with Crippen molar-refractivity contribution in [1.29, 1.82) is 0 Å². The van der Waals surface area contributed by atoms with E-state index in [1.54, 1.807) is 0 Å². The van der Waals surface area contributed by atoms with Gasteiger partial charge in [-0.3, -0.25) is 0 Å². The molecule has 128 valence electrons. The van der Waals surface area contributed by atoms with E-state index in [1.165, 1.54) is 0 Å². The maximum Gasteiger partial charge on any atom is 0.371 e. The third kappa shape index (κ3) is 3.49. The highest BCUT2D eigenvalue weighted by Crippen LogP contribution is 2.46. The summed E-state index contributed by atoms with van der Waals surface area (Å²) >= 11 is 0. The van der Waals surface area contributed by atoms with Crippen LogP contribution in [0.5, 0.6) is 5.75 Å². The molecule has 0 saturated carbocycles. The minimum Gasteiger partial charge on any atom is -0.426 e. The molecule has 0 aliphatic heterocycles. The van der Waals surface area contributed by atoms with E-state index in [0.29, 0.717) is 11.1 Å². The van der Waals surface area contributed by atoms with Gasteiger partial charge in [0.25, 0.3) is 0 Å². The molecule has 0 amide bonds. The molecule has 4 aromatic rings. The van der Waals surface area contributed by atoms with E-state index in [2.05, 4.69) is 5.09 Å². The Morgan fingerprint density at radius 2 is 1.27 bits per heavy atom. The number of rotatable bonds is 5. The van der Waals surface area contributed by atoms with Crippen LogP contribution in [0.1, 0.15) is 0 Å². The van der Waals surface area contributed by atoms with Gasteiger partial charge in [-0.1, -0.05) is 66.7 Å². The first-order valence-electron chi connectivity index (χ1n) is 8.40. The van der Waals surface area contributed by atoms with Crippen molar-refractivity contribution in [1.82, 2.24) is 0 Å². The quantitative estimate of drug-likeness (QED) is 0.454. The molecule has 3 nitrogen and oxygen atoms in total. The Bertz CT molecular complexity index is 1060. The standard InChI is InChI=1S/C22H18NO2P/c24-26(22-13-5-2-6-14-22,23-20-11-3-1-4-12-20)25-21-16-15-18-9-7-8-10-19(18)17-21/h1-17H,(H,23,24). The van der Waals surface area contributed by atoms with Gasteiger partial charge in [-0.25, -0.2) is 4.57 Å². The molecule has 26 heavy (non-hydrogen) atoms. The van der Waals surface area contributed by atoms with Gasteiger partial charge in [0.15, 0.2) is 0 Å². The van der Waals surface area contributed by atoms with Gasteiger partial charge in [0.05, 0.1) is 5.30 Å². The van der Waals surface area contributed by atoms with Crippen LogP contribution in [0.25, 0.3) is 10.8 Å². The van der Waals surface area contributed by atoms with Gasteiger partial charge in [-0.15, -0.1) is 0 Å². The minimum atomic E-state index is -3.34. The Balaban J connectivity index is 1.73. The molecule has 4 heteroatoms. The molecular formula is C22H18NO2P. The van der Waals surface area contributed by atoms with E-state index >= 15 is 0 Å². The maximum atomic E-state index is 13.8. The Labute approximate surface area is 152 Å². The molecule has 1 N–H and O–H groups in total. The van der Waals surface area contributed by atoms with Crippen LogP contribution in [0, 0.1) is 0 Å². The third-order valence-corrected chi connectivity index (χ3v) is 6.10. The smallest absolute Gasteiger partial charge is 0.371 e. The molecule has 0 aliphatic rings. The van der Waals surface area contributed by atoms with Crippen molar-refractivity contribution in [3.8, 4) is 5.75 Å². The summed E-state index contributed by atoms with van der Waals surface area (Å²) in [5.74, 6) is 0.569. The van der Waals surface area contributed by atoms with Crippen LogP contribution in [0.15, 0.2) is 103 Å². The fourth-order valence-electron chi connectivity index (χ4n) is 2.82. The van der Waals surface area contributed by atoms with Crippen molar-refractivity contribution in [3.63, 3.8) is 0 Å². The van der Waals surface area contributed by atoms with Gasteiger partial charge in [0.1, 0.15) is 5.75 Å². The van der Waals surface area contributed by atoms with Crippen molar-refractivity contribution in [2.24, 2.45) is 0 Å². The maximum absolute atomic E-state index is 13.8. The van der Waals surface area contributed by atoms with Crippen molar-refractivity contribution < 1.29 is 9.09 Å². The van der Waals surface area contributed by atoms with Crippen LogP contribution in [-0.4, -0.2) is 0 Å². The van der Waals surface area contributed by atoms with Crippen molar-refractivity contribution in [3.05, 3.63) is 103 Å². The Morgan fingerprint density at radius 1 is 0.654 bits per heavy atom. The monoisotopic (exact) mass is 359 g/mol. The summed E-state index contributed by atoms with van der Waals surface area (Å²) < 4.78 is 19.8. The molecule has 4 aromatic carbocycles. The minimum absolute atomic E-state index is 0.569. The lowest BCUT2D eigenvalue weighted by atomic mass is 10.1. The fraction of sp³-hybridized carbons (Fsp3) is 0. The SMILES string of the molecule is O=P(Nc1ccccc1)(Oc1ccc2ccccc2c1)c1ccccc1. The number of nitrogens with one attached hydrogen (secondary N) is 1. The summed E-state index contributed by atoms with van der Waals surface area (Å²) in [5, 5.41) is 5.89. The van der Waals surface area contributed by atoms with Gasteiger partial charge in [0, 0.05) is 5.69 Å². The summed E-state index contributed by atoms with van der Waals surface area (Å²) in [4.78, 5) is 0. The van der Waals surface area contributed by atoms with Gasteiger partial charge >= 0.3 is 7.52 Å². The largest absolute Gasteiger partial charge is 0.426 e. The van der Waals surface area contributed by atoms with Gasteiger partial charge in [-0.05, 0) is 47.2 Å². The number of hydrogen-bond donors (Lipinski definition) is 1. The highest BCUT2D eigenvalue weighted by molar-refractivity contribution is 7.68. The molecule has 4 rings (SSSR count). The topological polar surface area (TPSA) is 38.3 Å². The second-order valence-corrected chi connectivity index (χ2v) is 7.99. The predicted octanol–water partition coefficient (Wildman–Crippen LogP) is 5.85. The molecule has 0 saturated heterocycles. The first-order chi connectivity index (χ1) is 12.7. The number of anilines is 1. The second kappa shape index (κ2) is 7.07. The van der Waals surface area contributed by atoms with Crippen LogP contribution < -0.4 is 14.9 Å². The van der Waals surface area contributed by atoms with E-state index in [9.17, 15) is 4.57 Å². The van der Waals surface area contributed by atoms with Crippen molar-refractivity contribution in [2.45, 2.75) is 0 Å². The van der Waals surface area contributed by atoms with Gasteiger partial charge in [0.2, 0.25) is 0 Å². The zero-order valence-corrected chi connectivity index (χ0v) is 15.0. The number of fused-ring (bicyclic) bond motifs is 1. The van der Waals surface area contributed by atoms with Crippen LogP contribution in [-0.2, 0) is 4.57 Å².